The van der Waals surface area contributed by atoms with Gasteiger partial charge in [-0.1, -0.05) is 311 Å². The molecule has 0 aliphatic carbocycles. The molecule has 600 valence electrons. The van der Waals surface area contributed by atoms with Gasteiger partial charge >= 0.3 is 0 Å². The molecule has 1 unspecified atom stereocenters. The maximum atomic E-state index is 5.58. The summed E-state index contributed by atoms with van der Waals surface area (Å²) in [6.45, 7) is 4.64. The van der Waals surface area contributed by atoms with Crippen LogP contribution in [0.15, 0.2) is 413 Å². The summed E-state index contributed by atoms with van der Waals surface area (Å²) in [7, 11) is 1.71. The van der Waals surface area contributed by atoms with Gasteiger partial charge in [-0.05, 0) is 173 Å². The number of ether oxygens (including phenoxy) is 1. The highest BCUT2D eigenvalue weighted by atomic mass is 16.5. The SMILES string of the molecule is CCCCC(C)n1c2ccccc2c2cc(-c3ccc(-n4c5ccccc5c5cc(-c6cccc(-c7nc(-c8ccccc8)nc(-c8ccccc8)n7)c6)ccc54)cc3)ccc21.COc1cccc(-n2c3ccccc3c3cc(-c4ccc(-n5c6ccccc6c6cc(-c7ccc(-c8nc(-c9ccccc9)nc(-c9ccccc9)n8)cc7)ccc65)cc4)ccc32)c1. The van der Waals surface area contributed by atoms with E-state index >= 15 is 0 Å². The van der Waals surface area contributed by atoms with Gasteiger partial charge in [-0.15, -0.1) is 0 Å². The highest BCUT2D eigenvalue weighted by molar-refractivity contribution is 6.14. The topological polar surface area (TPSA) is 106 Å². The van der Waals surface area contributed by atoms with E-state index in [1.807, 2.05) is 133 Å². The largest absolute Gasteiger partial charge is 0.497 e. The van der Waals surface area contributed by atoms with Gasteiger partial charge < -0.3 is 23.0 Å². The van der Waals surface area contributed by atoms with Crippen molar-refractivity contribution in [3.8, 4) is 136 Å². The Kier molecular flexibility index (Phi) is 19.7. The van der Waals surface area contributed by atoms with E-state index in [2.05, 4.69) is 311 Å². The number of hydrogen-bond donors (Lipinski definition) is 0. The molecule has 17 aromatic carbocycles. The fraction of sp³-hybridized carbons (Fsp3) is 0.0609. The fourth-order valence-electron chi connectivity index (χ4n) is 18.5. The average molecular weight is 1620 g/mol. The third kappa shape index (κ3) is 14.0. The monoisotopic (exact) mass is 1620 g/mol. The normalized spacial score (nSPS) is 11.8. The van der Waals surface area contributed by atoms with Crippen LogP contribution in [0.5, 0.6) is 5.75 Å². The van der Waals surface area contributed by atoms with E-state index in [1.54, 1.807) is 7.11 Å². The first-order valence-corrected chi connectivity index (χ1v) is 43.2. The van der Waals surface area contributed by atoms with E-state index in [4.69, 9.17) is 34.6 Å². The number of methoxy groups -OCH3 is 1. The second-order valence-corrected chi connectivity index (χ2v) is 32.4. The first kappa shape index (κ1) is 75.9. The standard InChI is InChI=1S/C58H39N5O.C57H45N5/c1-64-47-18-12-17-46(37-47)63-53-22-11-9-20-49(53)51-36-44(30-34-55(51)63)39-27-31-45(32-28-39)62-52-21-10-8-19-48(52)50-35-43(29-33-54(50)62)38-23-25-42(26-24-38)58-60-56(40-13-4-2-5-14-40)59-57(61-58)41-15-6-3-7-16-41;1-3-4-16-38(2)61-51-25-13-11-23-47(51)49-36-43(29-33-53(49)61)39-27-31-46(32-28-39)62-52-26-14-12-24-48(52)50-37-44(30-34-54(50)62)42-21-15-22-45(35-42)57-59-55(40-17-7-5-8-18-40)58-56(60-57)41-19-9-6-10-20-41/h2-37H,1H3;5-15,17-38H,3-4,16H2,1-2H3. The molecule has 0 aliphatic heterocycles. The van der Waals surface area contributed by atoms with Crippen molar-refractivity contribution in [2.45, 2.75) is 39.2 Å². The lowest BCUT2D eigenvalue weighted by Gasteiger charge is -2.16. The minimum atomic E-state index is 0.444. The van der Waals surface area contributed by atoms with Gasteiger partial charge in [-0.3, -0.25) is 0 Å². The number of para-hydroxylation sites is 4. The van der Waals surface area contributed by atoms with Gasteiger partial charge in [-0.25, -0.2) is 29.9 Å². The molecule has 0 saturated carbocycles. The third-order valence-corrected chi connectivity index (χ3v) is 24.7. The highest BCUT2D eigenvalue weighted by Gasteiger charge is 2.23. The van der Waals surface area contributed by atoms with Crippen molar-refractivity contribution in [3.05, 3.63) is 413 Å². The second-order valence-electron chi connectivity index (χ2n) is 32.4. The zero-order valence-electron chi connectivity index (χ0n) is 69.8. The molecule has 0 fully saturated rings. The fourth-order valence-corrected chi connectivity index (χ4v) is 18.5. The molecule has 126 heavy (non-hydrogen) atoms. The Bertz CT molecular complexity index is 7920. The maximum Gasteiger partial charge on any atom is 0.164 e. The van der Waals surface area contributed by atoms with Crippen molar-refractivity contribution in [2.75, 3.05) is 7.11 Å². The number of nitrogens with zero attached hydrogens (tertiary/aromatic N) is 10. The number of unbranched alkanes of at least 4 members (excludes halogenated alkanes) is 1. The van der Waals surface area contributed by atoms with E-state index < -0.39 is 0 Å². The highest BCUT2D eigenvalue weighted by Crippen LogP contribution is 2.43. The molecule has 11 nitrogen and oxygen atoms in total. The predicted molar refractivity (Wildman–Crippen MR) is 521 cm³/mol. The molecule has 0 saturated heterocycles. The summed E-state index contributed by atoms with van der Waals surface area (Å²) in [5, 5.41) is 9.92. The van der Waals surface area contributed by atoms with Gasteiger partial charge in [0.25, 0.3) is 0 Å². The molecular formula is C115H84N10O. The summed E-state index contributed by atoms with van der Waals surface area (Å²) in [6, 6.07) is 147. The van der Waals surface area contributed by atoms with E-state index in [9.17, 15) is 0 Å². The predicted octanol–water partition coefficient (Wildman–Crippen LogP) is 29.6. The van der Waals surface area contributed by atoms with Crippen LogP contribution in [0.1, 0.15) is 39.2 Å². The molecule has 1 atom stereocenters. The van der Waals surface area contributed by atoms with Crippen LogP contribution in [0, 0.1) is 0 Å². The van der Waals surface area contributed by atoms with Crippen LogP contribution in [-0.4, -0.2) is 55.3 Å². The molecule has 0 spiro atoms. The Morgan fingerprint density at radius 3 is 0.897 bits per heavy atom. The second kappa shape index (κ2) is 32.6. The van der Waals surface area contributed by atoms with E-state index in [0.717, 1.165) is 89.5 Å². The summed E-state index contributed by atoms with van der Waals surface area (Å²) < 4.78 is 15.2. The molecule has 6 heterocycles. The van der Waals surface area contributed by atoms with Gasteiger partial charge in [0.15, 0.2) is 34.9 Å². The first-order valence-electron chi connectivity index (χ1n) is 43.2. The summed E-state index contributed by atoms with van der Waals surface area (Å²) in [5.41, 5.74) is 27.9. The first-order chi connectivity index (χ1) is 62.3. The molecule has 0 amide bonds. The summed E-state index contributed by atoms with van der Waals surface area (Å²) in [5.74, 6) is 4.72. The number of aromatic nitrogens is 10. The lowest BCUT2D eigenvalue weighted by molar-refractivity contribution is 0.414. The van der Waals surface area contributed by atoms with Crippen LogP contribution in [-0.2, 0) is 0 Å². The quantitative estimate of drug-likeness (QED) is 0.0842. The summed E-state index contributed by atoms with van der Waals surface area (Å²) in [6.07, 6.45) is 3.62. The van der Waals surface area contributed by atoms with Crippen molar-refractivity contribution >= 4 is 87.2 Å². The lowest BCUT2D eigenvalue weighted by atomic mass is 10.0. The Morgan fingerprint density at radius 1 is 0.222 bits per heavy atom. The van der Waals surface area contributed by atoms with Gasteiger partial charge in [0.1, 0.15) is 5.75 Å². The maximum absolute atomic E-state index is 5.58. The average Bonchev–Trinajstić information content (AvgIpc) is 1.60. The molecule has 11 heteroatoms. The zero-order valence-corrected chi connectivity index (χ0v) is 69.8. The van der Waals surface area contributed by atoms with Crippen molar-refractivity contribution in [2.24, 2.45) is 0 Å². The van der Waals surface area contributed by atoms with Crippen LogP contribution in [0.25, 0.3) is 217 Å². The molecule has 0 aliphatic rings. The molecular weight excluding hydrogens is 1540 g/mol. The molecule has 0 N–H and O–H groups in total. The van der Waals surface area contributed by atoms with Crippen LogP contribution in [0.2, 0.25) is 0 Å². The van der Waals surface area contributed by atoms with Gasteiger partial charge in [-0.2, -0.15) is 0 Å². The van der Waals surface area contributed by atoms with Crippen molar-refractivity contribution in [1.82, 2.24) is 48.2 Å². The molecule has 6 aromatic heterocycles. The Balaban J connectivity index is 0.000000149. The van der Waals surface area contributed by atoms with E-state index in [-0.39, 0.29) is 0 Å². The van der Waals surface area contributed by atoms with Gasteiger partial charge in [0.2, 0.25) is 0 Å². The van der Waals surface area contributed by atoms with Crippen LogP contribution < -0.4 is 4.74 Å². The number of benzene rings is 17. The van der Waals surface area contributed by atoms with Gasteiger partial charge in [0, 0.05) is 117 Å². The Morgan fingerprint density at radius 2 is 0.492 bits per heavy atom. The number of rotatable bonds is 18. The lowest BCUT2D eigenvalue weighted by Crippen LogP contribution is -2.04. The van der Waals surface area contributed by atoms with Gasteiger partial charge in [0.05, 0.1) is 40.2 Å². The van der Waals surface area contributed by atoms with E-state index in [1.165, 1.54) is 118 Å². The summed E-state index contributed by atoms with van der Waals surface area (Å²) in [4.78, 5) is 29.6. The minimum absolute atomic E-state index is 0.444. The van der Waals surface area contributed by atoms with Crippen molar-refractivity contribution < 1.29 is 4.74 Å². The Labute approximate surface area is 729 Å². The number of hydrogen-bond acceptors (Lipinski definition) is 7. The summed E-state index contributed by atoms with van der Waals surface area (Å²) >= 11 is 0. The molecule has 0 radical (unpaired) electrons. The zero-order chi connectivity index (χ0) is 84.1. The van der Waals surface area contributed by atoms with Crippen LogP contribution in [0.4, 0.5) is 0 Å². The molecule has 0 bridgehead atoms. The smallest absolute Gasteiger partial charge is 0.164 e. The third-order valence-electron chi connectivity index (χ3n) is 24.7. The van der Waals surface area contributed by atoms with Crippen LogP contribution >= 0.6 is 0 Å². The molecule has 23 rings (SSSR count). The Hall–Kier alpha value is -16.2. The number of fused-ring (bicyclic) bond motifs is 12. The minimum Gasteiger partial charge on any atom is -0.497 e. The van der Waals surface area contributed by atoms with Crippen molar-refractivity contribution in [1.29, 1.82) is 0 Å². The van der Waals surface area contributed by atoms with E-state index in [0.29, 0.717) is 41.0 Å². The van der Waals surface area contributed by atoms with Crippen molar-refractivity contribution in [3.63, 3.8) is 0 Å². The van der Waals surface area contributed by atoms with Crippen LogP contribution in [0.3, 0.4) is 0 Å². The molecule has 23 aromatic rings.